The molecule has 0 aromatic heterocycles. The third-order valence-electron chi connectivity index (χ3n) is 4.38. The van der Waals surface area contributed by atoms with Crippen molar-refractivity contribution in [2.75, 3.05) is 24.5 Å². The first-order valence-electron chi connectivity index (χ1n) is 7.73. The Labute approximate surface area is 138 Å². The van der Waals surface area contributed by atoms with Gasteiger partial charge in [0.25, 0.3) is 0 Å². The molecule has 0 spiro atoms. The van der Waals surface area contributed by atoms with E-state index in [2.05, 4.69) is 0 Å². The average Bonchev–Trinajstić information content (AvgIpc) is 2.86. The molecule has 2 aliphatic heterocycles. The molecule has 0 aliphatic carbocycles. The molecular formula is C16H18FN3O4. The van der Waals surface area contributed by atoms with Crippen molar-refractivity contribution < 1.29 is 23.5 Å². The minimum atomic E-state index is -0.563. The molecule has 1 atom stereocenters. The minimum absolute atomic E-state index is 0.0157. The second kappa shape index (κ2) is 6.46. The van der Waals surface area contributed by atoms with Gasteiger partial charge in [0.15, 0.2) is 0 Å². The third-order valence-corrected chi connectivity index (χ3v) is 4.38. The van der Waals surface area contributed by atoms with Crippen molar-refractivity contribution in [1.82, 2.24) is 4.90 Å². The van der Waals surface area contributed by atoms with E-state index in [9.17, 15) is 18.8 Å². The molecule has 8 heteroatoms. The summed E-state index contributed by atoms with van der Waals surface area (Å²) in [6.45, 7) is 1.26. The number of likely N-dealkylation sites (tertiary alicyclic amines) is 1. The molecule has 7 nitrogen and oxygen atoms in total. The summed E-state index contributed by atoms with van der Waals surface area (Å²) in [6, 6.07) is 4.61. The summed E-state index contributed by atoms with van der Waals surface area (Å²) in [5.41, 5.74) is 6.03. The quantitative estimate of drug-likeness (QED) is 0.784. The Bertz CT molecular complexity index is 675. The molecule has 2 N–H and O–H groups in total. The van der Waals surface area contributed by atoms with Crippen molar-refractivity contribution in [1.29, 1.82) is 0 Å². The van der Waals surface area contributed by atoms with Crippen LogP contribution >= 0.6 is 0 Å². The lowest BCUT2D eigenvalue weighted by Crippen LogP contribution is -2.44. The fourth-order valence-electron chi connectivity index (χ4n) is 3.00. The van der Waals surface area contributed by atoms with Crippen LogP contribution in [0.15, 0.2) is 18.2 Å². The van der Waals surface area contributed by atoms with Gasteiger partial charge in [-0.05, 0) is 24.1 Å². The number of anilines is 1. The Hall–Kier alpha value is -2.64. The van der Waals surface area contributed by atoms with E-state index in [-0.39, 0.29) is 18.9 Å². The summed E-state index contributed by atoms with van der Waals surface area (Å²) >= 11 is 0. The summed E-state index contributed by atoms with van der Waals surface area (Å²) in [7, 11) is 0. The van der Waals surface area contributed by atoms with Crippen LogP contribution in [-0.2, 0) is 14.3 Å². The molecule has 128 valence electrons. The Morgan fingerprint density at radius 1 is 1.38 bits per heavy atom. The molecular weight excluding hydrogens is 317 g/mol. The molecule has 0 radical (unpaired) electrons. The second-order valence-electron chi connectivity index (χ2n) is 6.08. The van der Waals surface area contributed by atoms with Crippen molar-refractivity contribution in [3.8, 4) is 0 Å². The molecule has 3 amide bonds. The van der Waals surface area contributed by atoms with Gasteiger partial charge in [0, 0.05) is 25.4 Å². The van der Waals surface area contributed by atoms with Gasteiger partial charge in [-0.2, -0.15) is 0 Å². The van der Waals surface area contributed by atoms with Crippen molar-refractivity contribution in [3.05, 3.63) is 29.6 Å². The molecule has 2 aliphatic rings. The zero-order chi connectivity index (χ0) is 17.3. The molecule has 2 fully saturated rings. The van der Waals surface area contributed by atoms with E-state index in [1.165, 1.54) is 11.0 Å². The number of halogens is 1. The maximum atomic E-state index is 14.3. The van der Waals surface area contributed by atoms with E-state index in [0.717, 1.165) is 6.41 Å². The van der Waals surface area contributed by atoms with E-state index in [4.69, 9.17) is 10.5 Å². The molecule has 24 heavy (non-hydrogen) atoms. The predicted octanol–water partition coefficient (Wildman–Crippen LogP) is 0.972. The number of nitrogens with zero attached hydrogens (tertiary/aromatic N) is 2. The first-order valence-corrected chi connectivity index (χ1v) is 7.73. The van der Waals surface area contributed by atoms with E-state index in [0.29, 0.717) is 30.8 Å². The first-order chi connectivity index (χ1) is 11.5. The number of hydrogen-bond acceptors (Lipinski definition) is 4. The SMILES string of the molecule is NC(=O)CCC1CN(c2ccc(C3CN(C=O)C3)c(F)c2)C(=O)O1. The third kappa shape index (κ3) is 3.17. The molecule has 1 aromatic carbocycles. The van der Waals surface area contributed by atoms with Crippen molar-refractivity contribution in [3.63, 3.8) is 0 Å². The Morgan fingerprint density at radius 2 is 2.12 bits per heavy atom. The number of carbonyl (C=O) groups is 3. The van der Waals surface area contributed by atoms with Crippen LogP contribution in [-0.4, -0.2) is 49.0 Å². The number of cyclic esters (lactones) is 1. The Kier molecular flexibility index (Phi) is 4.37. The number of rotatable bonds is 6. The normalized spacial score (nSPS) is 20.7. The van der Waals surface area contributed by atoms with E-state index >= 15 is 0 Å². The molecule has 2 saturated heterocycles. The smallest absolute Gasteiger partial charge is 0.414 e. The summed E-state index contributed by atoms with van der Waals surface area (Å²) in [6.07, 6.45) is 0.234. The lowest BCUT2D eigenvalue weighted by molar-refractivity contribution is -0.122. The van der Waals surface area contributed by atoms with Gasteiger partial charge in [0.2, 0.25) is 12.3 Å². The summed E-state index contributed by atoms with van der Waals surface area (Å²) in [4.78, 5) is 36.2. The van der Waals surface area contributed by atoms with Crippen molar-refractivity contribution in [2.24, 2.45) is 5.73 Å². The number of nitrogens with two attached hydrogens (primary N) is 1. The van der Waals surface area contributed by atoms with Crippen LogP contribution < -0.4 is 10.6 Å². The Morgan fingerprint density at radius 3 is 2.75 bits per heavy atom. The van der Waals surface area contributed by atoms with Crippen LogP contribution in [0.5, 0.6) is 0 Å². The number of carbonyl (C=O) groups excluding carboxylic acids is 3. The molecule has 1 unspecified atom stereocenters. The maximum absolute atomic E-state index is 14.3. The fourth-order valence-corrected chi connectivity index (χ4v) is 3.00. The Balaban J connectivity index is 1.67. The van der Waals surface area contributed by atoms with Gasteiger partial charge in [-0.3, -0.25) is 14.5 Å². The van der Waals surface area contributed by atoms with E-state index in [1.54, 1.807) is 17.0 Å². The second-order valence-corrected chi connectivity index (χ2v) is 6.08. The molecule has 2 heterocycles. The molecule has 1 aromatic rings. The number of benzene rings is 1. The monoisotopic (exact) mass is 335 g/mol. The fraction of sp³-hybridized carbons (Fsp3) is 0.438. The predicted molar refractivity (Wildman–Crippen MR) is 82.8 cm³/mol. The highest BCUT2D eigenvalue weighted by atomic mass is 19.1. The van der Waals surface area contributed by atoms with Gasteiger partial charge in [-0.1, -0.05) is 6.07 Å². The van der Waals surface area contributed by atoms with Gasteiger partial charge >= 0.3 is 6.09 Å². The number of hydrogen-bond donors (Lipinski definition) is 1. The van der Waals surface area contributed by atoms with Crippen LogP contribution in [0.3, 0.4) is 0 Å². The number of primary amides is 1. The highest BCUT2D eigenvalue weighted by molar-refractivity contribution is 5.89. The van der Waals surface area contributed by atoms with Crippen LogP contribution in [0.2, 0.25) is 0 Å². The number of ether oxygens (including phenoxy) is 1. The standard InChI is InChI=1S/C16H18FN3O4/c17-14-5-11(1-3-13(14)10-6-19(7-10)9-21)20-8-12(24-16(20)23)2-4-15(18)22/h1,3,5,9-10,12H,2,4,6-8H2,(H2,18,22). The van der Waals surface area contributed by atoms with E-state index < -0.39 is 23.9 Å². The van der Waals surface area contributed by atoms with Crippen LogP contribution in [0.25, 0.3) is 0 Å². The minimum Gasteiger partial charge on any atom is -0.444 e. The van der Waals surface area contributed by atoms with Crippen LogP contribution in [0.1, 0.15) is 24.3 Å². The lowest BCUT2D eigenvalue weighted by Gasteiger charge is -2.36. The van der Waals surface area contributed by atoms with E-state index in [1.807, 2.05) is 0 Å². The number of amides is 3. The highest BCUT2D eigenvalue weighted by Gasteiger charge is 2.34. The van der Waals surface area contributed by atoms with Crippen molar-refractivity contribution >= 4 is 24.1 Å². The van der Waals surface area contributed by atoms with Gasteiger partial charge in [-0.25, -0.2) is 9.18 Å². The van der Waals surface area contributed by atoms with Gasteiger partial charge in [0.1, 0.15) is 11.9 Å². The molecule has 0 bridgehead atoms. The zero-order valence-corrected chi connectivity index (χ0v) is 13.0. The molecule has 0 saturated carbocycles. The topological polar surface area (TPSA) is 92.9 Å². The first kappa shape index (κ1) is 16.2. The van der Waals surface area contributed by atoms with Crippen LogP contribution in [0.4, 0.5) is 14.9 Å². The largest absolute Gasteiger partial charge is 0.444 e. The van der Waals surface area contributed by atoms with Gasteiger partial charge in [0.05, 0.1) is 12.2 Å². The van der Waals surface area contributed by atoms with Gasteiger partial charge in [-0.15, -0.1) is 0 Å². The zero-order valence-electron chi connectivity index (χ0n) is 13.0. The lowest BCUT2D eigenvalue weighted by atomic mass is 9.91. The van der Waals surface area contributed by atoms with Gasteiger partial charge < -0.3 is 15.4 Å². The summed E-state index contributed by atoms with van der Waals surface area (Å²) in [5.74, 6) is -0.876. The summed E-state index contributed by atoms with van der Waals surface area (Å²) in [5, 5.41) is 0. The molecule has 3 rings (SSSR count). The maximum Gasteiger partial charge on any atom is 0.414 e. The van der Waals surface area contributed by atoms with Crippen molar-refractivity contribution in [2.45, 2.75) is 24.9 Å². The average molecular weight is 335 g/mol. The van der Waals surface area contributed by atoms with Crippen LogP contribution in [0, 0.1) is 5.82 Å². The highest BCUT2D eigenvalue weighted by Crippen LogP contribution is 2.31. The summed E-state index contributed by atoms with van der Waals surface area (Å²) < 4.78 is 19.5.